The van der Waals surface area contributed by atoms with Crippen LogP contribution in [-0.2, 0) is 4.74 Å². The molecule has 210 valence electrons. The number of carboxylic acids is 1. The number of fused-ring (bicyclic) bond motifs is 2. The number of halogens is 4. The Kier molecular flexibility index (Phi) is 6.85. The van der Waals surface area contributed by atoms with Crippen molar-refractivity contribution in [1.82, 2.24) is 5.16 Å². The number of esters is 1. The van der Waals surface area contributed by atoms with E-state index in [1.54, 1.807) is 0 Å². The molecule has 3 heterocycles. The van der Waals surface area contributed by atoms with Crippen LogP contribution in [0.2, 0.25) is 5.02 Å². The fourth-order valence-corrected chi connectivity index (χ4v) is 6.15. The number of piperidine rings is 1. The summed E-state index contributed by atoms with van der Waals surface area (Å²) in [6, 6.07) is 7.88. The lowest BCUT2D eigenvalue weighted by Crippen LogP contribution is -2.46. The van der Waals surface area contributed by atoms with E-state index in [1.165, 1.54) is 30.3 Å². The van der Waals surface area contributed by atoms with Gasteiger partial charge in [-0.3, -0.25) is 0 Å². The number of aromatic nitrogens is 1. The summed E-state index contributed by atoms with van der Waals surface area (Å²) in [5, 5.41) is 13.3. The smallest absolute Gasteiger partial charge is 0.387 e. The number of hydrogen-bond donors (Lipinski definition) is 1. The van der Waals surface area contributed by atoms with Crippen LogP contribution in [0, 0.1) is 5.82 Å². The number of anilines is 1. The van der Waals surface area contributed by atoms with Gasteiger partial charge in [0.25, 0.3) is 0 Å². The quantitative estimate of drug-likeness (QED) is 0.297. The maximum absolute atomic E-state index is 14.9. The molecule has 1 saturated carbocycles. The molecule has 2 bridgehead atoms. The Morgan fingerprint density at radius 3 is 2.45 bits per heavy atom. The van der Waals surface area contributed by atoms with E-state index in [0.717, 1.165) is 31.7 Å². The number of alkyl halides is 2. The van der Waals surface area contributed by atoms with Crippen LogP contribution in [-0.4, -0.2) is 47.0 Å². The number of ether oxygens (including phenoxy) is 2. The van der Waals surface area contributed by atoms with Gasteiger partial charge in [-0.25, -0.2) is 14.0 Å². The first-order valence-electron chi connectivity index (χ1n) is 13.0. The summed E-state index contributed by atoms with van der Waals surface area (Å²) in [5.41, 5.74) is 0.232. The second kappa shape index (κ2) is 10.3. The molecule has 2 aromatic carbocycles. The van der Waals surface area contributed by atoms with Gasteiger partial charge in [-0.2, -0.15) is 8.78 Å². The molecule has 0 radical (unpaired) electrons. The van der Waals surface area contributed by atoms with Gasteiger partial charge in [-0.15, -0.1) is 0 Å². The van der Waals surface area contributed by atoms with Gasteiger partial charge in [0.1, 0.15) is 28.9 Å². The normalized spacial score (nSPS) is 22.0. The summed E-state index contributed by atoms with van der Waals surface area (Å²) in [5.74, 6) is -2.48. The molecule has 1 N–H and O–H groups in total. The Balaban J connectivity index is 1.26. The third kappa shape index (κ3) is 4.87. The fourth-order valence-electron chi connectivity index (χ4n) is 5.90. The third-order valence-electron chi connectivity index (χ3n) is 7.74. The first kappa shape index (κ1) is 26.5. The Labute approximate surface area is 231 Å². The molecule has 0 unspecified atom stereocenters. The van der Waals surface area contributed by atoms with Crippen LogP contribution >= 0.6 is 11.6 Å². The van der Waals surface area contributed by atoms with E-state index in [4.69, 9.17) is 26.0 Å². The number of hydrogen-bond acceptors (Lipinski definition) is 7. The molecule has 3 aliphatic rings. The molecule has 0 spiro atoms. The summed E-state index contributed by atoms with van der Waals surface area (Å²) in [7, 11) is 0. The van der Waals surface area contributed by atoms with Crippen LogP contribution in [0.5, 0.6) is 5.75 Å². The van der Waals surface area contributed by atoms with Gasteiger partial charge in [0.2, 0.25) is 0 Å². The molecule has 2 aliphatic heterocycles. The molecular weight excluding hydrogens is 553 g/mol. The van der Waals surface area contributed by atoms with Crippen molar-refractivity contribution < 1.29 is 41.9 Å². The van der Waals surface area contributed by atoms with Gasteiger partial charge in [-0.05, 0) is 56.0 Å². The zero-order valence-corrected chi connectivity index (χ0v) is 21.7. The van der Waals surface area contributed by atoms with E-state index in [0.29, 0.717) is 24.3 Å². The molecule has 40 heavy (non-hydrogen) atoms. The van der Waals surface area contributed by atoms with Gasteiger partial charge in [0.15, 0.2) is 5.76 Å². The number of carbonyl (C=O) groups is 2. The van der Waals surface area contributed by atoms with Crippen molar-refractivity contribution in [2.75, 3.05) is 4.90 Å². The standard InChI is InChI=1S/C28H24ClF3N2O6/c29-18-2-1-3-21(39-28(31)32)22(18)24-23(25(40-33-24)13-4-5-13)27(37)38-17-11-15-7-8-16(12-17)34(15)20-9-6-14(26(35)36)10-19(20)30/h1-3,6,9-10,13,15-17,28H,4-5,7-8,11-12H2,(H,35,36)/t15-,16+,17-. The second-order valence-corrected chi connectivity index (χ2v) is 10.7. The van der Waals surface area contributed by atoms with Crippen LogP contribution < -0.4 is 9.64 Å². The largest absolute Gasteiger partial charge is 0.478 e. The maximum atomic E-state index is 14.9. The van der Waals surface area contributed by atoms with Gasteiger partial charge in [-0.1, -0.05) is 22.8 Å². The van der Waals surface area contributed by atoms with Crippen molar-refractivity contribution in [3.05, 3.63) is 64.1 Å². The number of nitrogens with zero attached hydrogens (tertiary/aromatic N) is 2. The first-order valence-corrected chi connectivity index (χ1v) is 13.3. The van der Waals surface area contributed by atoms with E-state index in [1.807, 2.05) is 4.90 Å². The fraction of sp³-hybridized carbons (Fsp3) is 0.393. The number of aromatic carboxylic acids is 1. The summed E-state index contributed by atoms with van der Waals surface area (Å²) < 4.78 is 57.2. The molecule has 3 aromatic rings. The van der Waals surface area contributed by atoms with Crippen molar-refractivity contribution in [1.29, 1.82) is 0 Å². The Morgan fingerprint density at radius 1 is 1.10 bits per heavy atom. The highest BCUT2D eigenvalue weighted by Crippen LogP contribution is 2.47. The topological polar surface area (TPSA) is 102 Å². The van der Waals surface area contributed by atoms with E-state index in [9.17, 15) is 22.8 Å². The van der Waals surface area contributed by atoms with Gasteiger partial charge in [0.05, 0.1) is 21.8 Å². The molecule has 3 fully saturated rings. The lowest BCUT2D eigenvalue weighted by atomic mass is 9.98. The van der Waals surface area contributed by atoms with E-state index >= 15 is 0 Å². The monoisotopic (exact) mass is 576 g/mol. The summed E-state index contributed by atoms with van der Waals surface area (Å²) >= 11 is 6.35. The highest BCUT2D eigenvalue weighted by atomic mass is 35.5. The average molecular weight is 577 g/mol. The van der Waals surface area contributed by atoms with Crippen molar-refractivity contribution in [3.8, 4) is 17.0 Å². The van der Waals surface area contributed by atoms with Crippen molar-refractivity contribution in [2.24, 2.45) is 0 Å². The molecule has 2 saturated heterocycles. The van der Waals surface area contributed by atoms with E-state index < -0.39 is 30.5 Å². The second-order valence-electron chi connectivity index (χ2n) is 10.3. The number of benzene rings is 2. The Bertz CT molecular complexity index is 1460. The number of rotatable bonds is 8. The van der Waals surface area contributed by atoms with Crippen molar-refractivity contribution in [2.45, 2.75) is 69.2 Å². The minimum Gasteiger partial charge on any atom is -0.478 e. The van der Waals surface area contributed by atoms with E-state index in [-0.39, 0.29) is 51.2 Å². The first-order chi connectivity index (χ1) is 19.2. The summed E-state index contributed by atoms with van der Waals surface area (Å²) in [6.07, 6.45) is 3.48. The van der Waals surface area contributed by atoms with Gasteiger partial charge >= 0.3 is 18.6 Å². The molecule has 3 atom stereocenters. The molecule has 1 aliphatic carbocycles. The van der Waals surface area contributed by atoms with Crippen LogP contribution in [0.3, 0.4) is 0 Å². The van der Waals surface area contributed by atoms with Crippen LogP contribution in [0.4, 0.5) is 18.9 Å². The highest BCUT2D eigenvalue weighted by molar-refractivity contribution is 6.33. The lowest BCUT2D eigenvalue weighted by molar-refractivity contribution is -0.0494. The zero-order chi connectivity index (χ0) is 28.1. The van der Waals surface area contributed by atoms with Gasteiger partial charge < -0.3 is 24.0 Å². The predicted octanol–water partition coefficient (Wildman–Crippen LogP) is 6.67. The van der Waals surface area contributed by atoms with E-state index in [2.05, 4.69) is 9.89 Å². The minimum atomic E-state index is -3.12. The van der Waals surface area contributed by atoms with Crippen LogP contribution in [0.25, 0.3) is 11.3 Å². The van der Waals surface area contributed by atoms with Crippen LogP contribution in [0.15, 0.2) is 40.9 Å². The predicted molar refractivity (Wildman–Crippen MR) is 137 cm³/mol. The molecular formula is C28H24ClF3N2O6. The van der Waals surface area contributed by atoms with Gasteiger partial charge in [0, 0.05) is 30.8 Å². The Hall–Kier alpha value is -3.73. The summed E-state index contributed by atoms with van der Waals surface area (Å²) in [4.78, 5) is 26.8. The third-order valence-corrected chi connectivity index (χ3v) is 8.05. The SMILES string of the molecule is O=C(O)c1ccc(N2[C@@H]3CC[C@H]2C[C@H](OC(=O)c2c(-c4c(Cl)cccc4OC(F)F)noc2C2CC2)C3)c(F)c1. The molecule has 12 heteroatoms. The molecule has 8 nitrogen and oxygen atoms in total. The molecule has 0 amide bonds. The summed E-state index contributed by atoms with van der Waals surface area (Å²) in [6.45, 7) is -3.12. The molecule has 6 rings (SSSR count). The van der Waals surface area contributed by atoms with Crippen molar-refractivity contribution >= 4 is 29.2 Å². The zero-order valence-electron chi connectivity index (χ0n) is 21.0. The minimum absolute atomic E-state index is 0.0160. The lowest BCUT2D eigenvalue weighted by Gasteiger charge is -2.40. The van der Waals surface area contributed by atoms with Crippen LogP contribution in [0.1, 0.15) is 70.9 Å². The maximum Gasteiger partial charge on any atom is 0.387 e. The Morgan fingerprint density at radius 2 is 1.82 bits per heavy atom. The highest BCUT2D eigenvalue weighted by Gasteiger charge is 2.44. The molecule has 1 aromatic heterocycles. The number of carboxylic acid groups (broad SMARTS) is 1. The number of carbonyl (C=O) groups excluding carboxylic acids is 1. The average Bonchev–Trinajstić information content (AvgIpc) is 3.59. The van der Waals surface area contributed by atoms with Crippen molar-refractivity contribution in [3.63, 3.8) is 0 Å².